The van der Waals surface area contributed by atoms with E-state index in [9.17, 15) is 4.79 Å². The Labute approximate surface area is 111 Å². The van der Waals surface area contributed by atoms with Gasteiger partial charge in [0.05, 0.1) is 0 Å². The lowest BCUT2D eigenvalue weighted by molar-refractivity contribution is -0.131. The zero-order chi connectivity index (χ0) is 13.7. The summed E-state index contributed by atoms with van der Waals surface area (Å²) in [6.07, 6.45) is 5.13. The lowest BCUT2D eigenvalue weighted by Crippen LogP contribution is -2.21. The van der Waals surface area contributed by atoms with Gasteiger partial charge in [-0.15, -0.1) is 0 Å². The first-order valence-corrected chi connectivity index (χ1v) is 6.05. The van der Waals surface area contributed by atoms with Gasteiger partial charge in [-0.25, -0.2) is 9.78 Å². The highest BCUT2D eigenvalue weighted by atomic mass is 16.4. The van der Waals surface area contributed by atoms with Gasteiger partial charge in [-0.3, -0.25) is 0 Å². The summed E-state index contributed by atoms with van der Waals surface area (Å²) in [6, 6.07) is 5.97. The van der Waals surface area contributed by atoms with Gasteiger partial charge in [-0.2, -0.15) is 0 Å². The number of oxazole rings is 1. The molecule has 0 bridgehead atoms. The maximum absolute atomic E-state index is 10.3. The van der Waals surface area contributed by atoms with Crippen LogP contribution in [0, 0.1) is 0 Å². The number of likely N-dealkylation sites (N-methyl/N-ethyl adjacent to an activating group) is 1. The van der Waals surface area contributed by atoms with Crippen LogP contribution in [0.4, 0.5) is 0 Å². The molecule has 0 unspecified atom stereocenters. The fourth-order valence-corrected chi connectivity index (χ4v) is 1.80. The summed E-state index contributed by atoms with van der Waals surface area (Å²) in [7, 11) is 1.96. The number of benzene rings is 1. The number of rotatable bonds is 6. The Hall–Kier alpha value is -2.14. The summed E-state index contributed by atoms with van der Waals surface area (Å²) in [5.74, 6) is -0.913. The van der Waals surface area contributed by atoms with E-state index in [4.69, 9.17) is 9.52 Å². The molecule has 1 aromatic carbocycles. The monoisotopic (exact) mass is 260 g/mol. The molecule has 0 atom stereocenters. The van der Waals surface area contributed by atoms with Crippen LogP contribution in [-0.2, 0) is 11.2 Å². The van der Waals surface area contributed by atoms with E-state index in [0.29, 0.717) is 6.54 Å². The average Bonchev–Trinajstić information content (AvgIpc) is 2.83. The number of fused-ring (bicyclic) bond motifs is 1. The predicted octanol–water partition coefficient (Wildman–Crippen LogP) is 1.94. The van der Waals surface area contributed by atoms with Gasteiger partial charge in [0.1, 0.15) is 5.52 Å². The molecule has 0 aliphatic heterocycles. The van der Waals surface area contributed by atoms with E-state index >= 15 is 0 Å². The molecule has 5 nitrogen and oxygen atoms in total. The van der Waals surface area contributed by atoms with Crippen molar-refractivity contribution in [3.63, 3.8) is 0 Å². The fourth-order valence-electron chi connectivity index (χ4n) is 1.80. The van der Waals surface area contributed by atoms with E-state index in [1.54, 1.807) is 6.08 Å². The predicted molar refractivity (Wildman–Crippen MR) is 72.0 cm³/mol. The minimum Gasteiger partial charge on any atom is -0.478 e. The van der Waals surface area contributed by atoms with Crippen LogP contribution >= 0.6 is 0 Å². The van der Waals surface area contributed by atoms with Crippen molar-refractivity contribution in [1.82, 2.24) is 9.88 Å². The van der Waals surface area contributed by atoms with Crippen molar-refractivity contribution >= 4 is 17.1 Å². The van der Waals surface area contributed by atoms with Crippen molar-refractivity contribution in [3.05, 3.63) is 42.3 Å². The zero-order valence-corrected chi connectivity index (χ0v) is 10.7. The maximum Gasteiger partial charge on any atom is 0.328 e. The third kappa shape index (κ3) is 3.93. The first kappa shape index (κ1) is 13.3. The third-order valence-corrected chi connectivity index (χ3v) is 2.86. The molecule has 0 spiro atoms. The van der Waals surface area contributed by atoms with Crippen LogP contribution in [0.3, 0.4) is 0 Å². The number of hydrogen-bond donors (Lipinski definition) is 1. The van der Waals surface area contributed by atoms with Crippen molar-refractivity contribution in [3.8, 4) is 0 Å². The molecule has 0 aliphatic rings. The summed E-state index contributed by atoms with van der Waals surface area (Å²) in [5, 5.41) is 8.49. The first-order valence-electron chi connectivity index (χ1n) is 6.05. The Balaban J connectivity index is 1.85. The lowest BCUT2D eigenvalue weighted by Gasteiger charge is -2.13. The number of aliphatic carboxylic acids is 1. The first-order chi connectivity index (χ1) is 9.15. The molecule has 2 aromatic rings. The van der Waals surface area contributed by atoms with Crippen LogP contribution in [0.15, 0.2) is 41.2 Å². The molecule has 0 saturated carbocycles. The molecule has 19 heavy (non-hydrogen) atoms. The topological polar surface area (TPSA) is 66.6 Å². The van der Waals surface area contributed by atoms with Crippen molar-refractivity contribution in [2.24, 2.45) is 0 Å². The molecule has 0 aliphatic carbocycles. The molecule has 1 heterocycles. The molecule has 100 valence electrons. The maximum atomic E-state index is 10.3. The molecule has 0 saturated heterocycles. The second-order valence-corrected chi connectivity index (χ2v) is 4.41. The molecule has 5 heteroatoms. The van der Waals surface area contributed by atoms with Crippen LogP contribution in [0.25, 0.3) is 11.1 Å². The van der Waals surface area contributed by atoms with Gasteiger partial charge in [0.15, 0.2) is 12.0 Å². The molecule has 0 fully saturated rings. The number of nitrogens with zero attached hydrogens (tertiary/aromatic N) is 2. The molecule has 0 radical (unpaired) electrons. The van der Waals surface area contributed by atoms with Gasteiger partial charge in [0, 0.05) is 19.2 Å². The van der Waals surface area contributed by atoms with Crippen molar-refractivity contribution in [2.75, 3.05) is 20.1 Å². The Morgan fingerprint density at radius 1 is 1.53 bits per heavy atom. The number of carboxylic acid groups (broad SMARTS) is 1. The largest absolute Gasteiger partial charge is 0.478 e. The molecule has 0 amide bonds. The lowest BCUT2D eigenvalue weighted by atomic mass is 10.1. The van der Waals surface area contributed by atoms with E-state index in [1.807, 2.05) is 25.2 Å². The zero-order valence-electron chi connectivity index (χ0n) is 10.7. The number of aromatic nitrogens is 1. The van der Waals surface area contributed by atoms with Gasteiger partial charge >= 0.3 is 5.97 Å². The van der Waals surface area contributed by atoms with Crippen molar-refractivity contribution < 1.29 is 14.3 Å². The van der Waals surface area contributed by atoms with E-state index in [2.05, 4.69) is 9.88 Å². The standard InChI is InChI=1S/C14H16N2O3/c1-16(7-2-3-14(17)18)8-6-11-4-5-12-13(9-11)19-10-15-12/h2-5,9-10H,6-8H2,1H3,(H,17,18)/b3-2+. The van der Waals surface area contributed by atoms with Crippen LogP contribution < -0.4 is 0 Å². The van der Waals surface area contributed by atoms with Gasteiger partial charge in [0.25, 0.3) is 0 Å². The quantitative estimate of drug-likeness (QED) is 0.804. The molecule has 2 rings (SSSR count). The van der Waals surface area contributed by atoms with Gasteiger partial charge in [0.2, 0.25) is 0 Å². The summed E-state index contributed by atoms with van der Waals surface area (Å²) >= 11 is 0. The highest BCUT2D eigenvalue weighted by Crippen LogP contribution is 2.14. The number of carbonyl (C=O) groups is 1. The van der Waals surface area contributed by atoms with Gasteiger partial charge in [-0.1, -0.05) is 12.1 Å². The molecular weight excluding hydrogens is 244 g/mol. The Kier molecular flexibility index (Phi) is 4.30. The number of carboxylic acids is 1. The molecule has 1 aromatic heterocycles. The van der Waals surface area contributed by atoms with Crippen LogP contribution in [0.2, 0.25) is 0 Å². The van der Waals surface area contributed by atoms with E-state index in [-0.39, 0.29) is 0 Å². The van der Waals surface area contributed by atoms with Crippen LogP contribution in [0.5, 0.6) is 0 Å². The number of hydrogen-bond acceptors (Lipinski definition) is 4. The van der Waals surface area contributed by atoms with Crippen LogP contribution in [-0.4, -0.2) is 41.1 Å². The second kappa shape index (κ2) is 6.15. The van der Waals surface area contributed by atoms with E-state index in [1.165, 1.54) is 12.0 Å². The normalized spacial score (nSPS) is 11.7. The SMILES string of the molecule is CN(C/C=C/C(=O)O)CCc1ccc2ncoc2c1. The summed E-state index contributed by atoms with van der Waals surface area (Å²) in [4.78, 5) is 16.5. The summed E-state index contributed by atoms with van der Waals surface area (Å²) in [5.41, 5.74) is 2.84. The fraction of sp³-hybridized carbons (Fsp3) is 0.286. The third-order valence-electron chi connectivity index (χ3n) is 2.86. The van der Waals surface area contributed by atoms with Crippen molar-refractivity contribution in [2.45, 2.75) is 6.42 Å². The minimum atomic E-state index is -0.913. The van der Waals surface area contributed by atoms with Gasteiger partial charge in [-0.05, 0) is 31.2 Å². The van der Waals surface area contributed by atoms with E-state index < -0.39 is 5.97 Å². The molecular formula is C14H16N2O3. The van der Waals surface area contributed by atoms with Crippen LogP contribution in [0.1, 0.15) is 5.56 Å². The second-order valence-electron chi connectivity index (χ2n) is 4.41. The molecule has 1 N–H and O–H groups in total. The van der Waals surface area contributed by atoms with Gasteiger partial charge < -0.3 is 14.4 Å². The summed E-state index contributed by atoms with van der Waals surface area (Å²) < 4.78 is 5.26. The Morgan fingerprint density at radius 2 is 2.37 bits per heavy atom. The highest BCUT2D eigenvalue weighted by molar-refractivity contribution is 5.79. The Morgan fingerprint density at radius 3 is 3.16 bits per heavy atom. The smallest absolute Gasteiger partial charge is 0.328 e. The minimum absolute atomic E-state index is 0.622. The summed E-state index contributed by atoms with van der Waals surface area (Å²) in [6.45, 7) is 1.47. The van der Waals surface area contributed by atoms with E-state index in [0.717, 1.165) is 30.1 Å². The Bertz CT molecular complexity index is 589. The highest BCUT2D eigenvalue weighted by Gasteiger charge is 2.02. The average molecular weight is 260 g/mol. The van der Waals surface area contributed by atoms with Crippen molar-refractivity contribution in [1.29, 1.82) is 0 Å².